The highest BCUT2D eigenvalue weighted by Crippen LogP contribution is 2.00. The van der Waals surface area contributed by atoms with E-state index in [9.17, 15) is 43.5 Å². The normalized spacial score (nSPS) is 13.5. The summed E-state index contributed by atoms with van der Waals surface area (Å²) in [5.41, 5.74) is 5.34. The molecule has 0 aliphatic heterocycles. The highest BCUT2D eigenvalue weighted by atomic mass is 16.4. The number of carboxylic acids is 3. The standard InChI is InChI=1S/C20H32N6O13/c21-9(7-27)17(35)26-10(1-3-15(31)32)18(36)22-6-14(30)25-12(8-28)19(37)23-5-13(29)24-11(20(38)39)2-4-16(33)34/h9-12,27-28H,1-8,21H2,(H,22,36)(H,23,37)(H,24,29)(H,25,30)(H,26,35)(H,31,32)(H,33,34)(H,38,39)/t9-,10-,11-,12-/m0/s1. The molecule has 0 saturated carbocycles. The van der Waals surface area contributed by atoms with Crippen LogP contribution in [0.15, 0.2) is 0 Å². The first-order valence-corrected chi connectivity index (χ1v) is 11.3. The number of hydrogen-bond acceptors (Lipinski definition) is 11. The number of aliphatic carboxylic acids is 3. The lowest BCUT2D eigenvalue weighted by molar-refractivity contribution is -0.143. The summed E-state index contributed by atoms with van der Waals surface area (Å²) in [5.74, 6) is -9.06. The Balaban J connectivity index is 4.87. The van der Waals surface area contributed by atoms with Crippen molar-refractivity contribution in [2.24, 2.45) is 5.73 Å². The summed E-state index contributed by atoms with van der Waals surface area (Å²) in [6.07, 6.45) is -1.87. The van der Waals surface area contributed by atoms with Crippen molar-refractivity contribution in [1.29, 1.82) is 0 Å². The summed E-state index contributed by atoms with van der Waals surface area (Å²) in [7, 11) is 0. The van der Waals surface area contributed by atoms with Gasteiger partial charge in [0, 0.05) is 12.8 Å². The van der Waals surface area contributed by atoms with Crippen LogP contribution in [0.4, 0.5) is 0 Å². The van der Waals surface area contributed by atoms with E-state index in [1.165, 1.54) is 0 Å². The number of carbonyl (C=O) groups excluding carboxylic acids is 5. The Morgan fingerprint density at radius 3 is 1.44 bits per heavy atom. The van der Waals surface area contributed by atoms with Crippen molar-refractivity contribution in [3.05, 3.63) is 0 Å². The predicted molar refractivity (Wildman–Crippen MR) is 125 cm³/mol. The highest BCUT2D eigenvalue weighted by Gasteiger charge is 2.26. The molecule has 39 heavy (non-hydrogen) atoms. The van der Waals surface area contributed by atoms with Gasteiger partial charge in [-0.3, -0.25) is 33.6 Å². The summed E-state index contributed by atoms with van der Waals surface area (Å²) in [6.45, 7) is -3.25. The predicted octanol–water partition coefficient (Wildman–Crippen LogP) is -6.20. The molecule has 0 unspecified atom stereocenters. The molecule has 0 aliphatic rings. The number of aliphatic hydroxyl groups excluding tert-OH is 2. The second-order valence-electron chi connectivity index (χ2n) is 7.91. The van der Waals surface area contributed by atoms with Crippen LogP contribution < -0.4 is 32.3 Å². The molecule has 0 aliphatic carbocycles. The van der Waals surface area contributed by atoms with E-state index >= 15 is 0 Å². The van der Waals surface area contributed by atoms with E-state index < -0.39 is 117 Å². The summed E-state index contributed by atoms with van der Waals surface area (Å²) >= 11 is 0. The second kappa shape index (κ2) is 18.0. The molecule has 0 heterocycles. The number of carbonyl (C=O) groups is 8. The zero-order valence-electron chi connectivity index (χ0n) is 20.5. The van der Waals surface area contributed by atoms with E-state index in [0.29, 0.717) is 0 Å². The summed E-state index contributed by atoms with van der Waals surface area (Å²) in [6, 6.07) is -5.96. The first-order valence-electron chi connectivity index (χ1n) is 11.3. The molecule has 0 spiro atoms. The Labute approximate surface area is 220 Å². The molecule has 0 aromatic carbocycles. The smallest absolute Gasteiger partial charge is 0.326 e. The lowest BCUT2D eigenvalue weighted by Gasteiger charge is -2.20. The lowest BCUT2D eigenvalue weighted by atomic mass is 10.1. The number of carboxylic acid groups (broad SMARTS) is 3. The van der Waals surface area contributed by atoms with E-state index in [-0.39, 0.29) is 6.42 Å². The van der Waals surface area contributed by atoms with Gasteiger partial charge in [0.2, 0.25) is 29.5 Å². The van der Waals surface area contributed by atoms with Crippen molar-refractivity contribution >= 4 is 47.4 Å². The molecule has 0 saturated heterocycles. The molecular formula is C20H32N6O13. The molecule has 220 valence electrons. The lowest BCUT2D eigenvalue weighted by Crippen LogP contribution is -2.55. The molecule has 12 N–H and O–H groups in total. The fourth-order valence-corrected chi connectivity index (χ4v) is 2.69. The van der Waals surface area contributed by atoms with Gasteiger partial charge >= 0.3 is 17.9 Å². The molecule has 0 fully saturated rings. The molecule has 5 amide bonds. The van der Waals surface area contributed by atoms with Gasteiger partial charge < -0.3 is 57.9 Å². The Hall–Kier alpha value is -4.36. The maximum atomic E-state index is 12.3. The molecule has 4 atom stereocenters. The minimum absolute atomic E-state index is 0.380. The summed E-state index contributed by atoms with van der Waals surface area (Å²) < 4.78 is 0. The van der Waals surface area contributed by atoms with Gasteiger partial charge in [-0.2, -0.15) is 0 Å². The number of aliphatic hydroxyl groups is 2. The largest absolute Gasteiger partial charge is 0.481 e. The maximum Gasteiger partial charge on any atom is 0.326 e. The van der Waals surface area contributed by atoms with E-state index in [1.807, 2.05) is 10.6 Å². The van der Waals surface area contributed by atoms with Crippen molar-refractivity contribution in [2.75, 3.05) is 26.3 Å². The Morgan fingerprint density at radius 2 is 1.03 bits per heavy atom. The van der Waals surface area contributed by atoms with Gasteiger partial charge in [-0.05, 0) is 12.8 Å². The number of hydrogen-bond donors (Lipinski definition) is 11. The van der Waals surface area contributed by atoms with E-state index in [0.717, 1.165) is 0 Å². The van der Waals surface area contributed by atoms with Crippen LogP contribution in [0.1, 0.15) is 25.7 Å². The van der Waals surface area contributed by atoms with Crippen molar-refractivity contribution in [1.82, 2.24) is 26.6 Å². The van der Waals surface area contributed by atoms with Crippen LogP contribution in [0.25, 0.3) is 0 Å². The quantitative estimate of drug-likeness (QED) is 0.0695. The van der Waals surface area contributed by atoms with Gasteiger partial charge in [0.25, 0.3) is 0 Å². The first kappa shape index (κ1) is 34.6. The van der Waals surface area contributed by atoms with Crippen molar-refractivity contribution in [2.45, 2.75) is 49.9 Å². The molecule has 0 rings (SSSR count). The maximum absolute atomic E-state index is 12.3. The van der Waals surface area contributed by atoms with Crippen LogP contribution in [0, 0.1) is 0 Å². The van der Waals surface area contributed by atoms with Crippen LogP contribution in [0.2, 0.25) is 0 Å². The fourth-order valence-electron chi connectivity index (χ4n) is 2.69. The van der Waals surface area contributed by atoms with Crippen molar-refractivity contribution in [3.63, 3.8) is 0 Å². The number of nitrogens with two attached hydrogens (primary N) is 1. The molecule has 19 heteroatoms. The van der Waals surface area contributed by atoms with Gasteiger partial charge in [0.05, 0.1) is 26.3 Å². The number of nitrogens with one attached hydrogen (secondary N) is 5. The Bertz CT molecular complexity index is 928. The average molecular weight is 565 g/mol. The number of rotatable bonds is 19. The second-order valence-corrected chi connectivity index (χ2v) is 7.91. The van der Waals surface area contributed by atoms with Crippen LogP contribution in [-0.2, 0) is 38.4 Å². The van der Waals surface area contributed by atoms with E-state index in [1.54, 1.807) is 0 Å². The Morgan fingerprint density at radius 1 is 0.590 bits per heavy atom. The van der Waals surface area contributed by atoms with Gasteiger partial charge in [0.15, 0.2) is 0 Å². The zero-order valence-corrected chi connectivity index (χ0v) is 20.5. The van der Waals surface area contributed by atoms with Gasteiger partial charge in [0.1, 0.15) is 24.2 Å². The van der Waals surface area contributed by atoms with Crippen molar-refractivity contribution in [3.8, 4) is 0 Å². The van der Waals surface area contributed by atoms with E-state index in [4.69, 9.17) is 26.2 Å². The van der Waals surface area contributed by atoms with Gasteiger partial charge in [-0.25, -0.2) is 4.79 Å². The third-order valence-corrected chi connectivity index (χ3v) is 4.77. The average Bonchev–Trinajstić information content (AvgIpc) is 2.87. The summed E-state index contributed by atoms with van der Waals surface area (Å²) in [5, 5.41) is 55.1. The minimum atomic E-state index is -1.60. The van der Waals surface area contributed by atoms with Crippen LogP contribution in [0.3, 0.4) is 0 Å². The van der Waals surface area contributed by atoms with Crippen LogP contribution in [-0.4, -0.2) is 123 Å². The molecular weight excluding hydrogens is 532 g/mol. The molecule has 0 aromatic heterocycles. The SMILES string of the molecule is N[C@@H](CO)C(=O)N[C@@H](CCC(=O)O)C(=O)NCC(=O)N[C@@H](CO)C(=O)NCC(=O)N[C@@H](CCC(=O)O)C(=O)O. The van der Waals surface area contributed by atoms with Gasteiger partial charge in [-0.1, -0.05) is 0 Å². The van der Waals surface area contributed by atoms with Crippen LogP contribution >= 0.6 is 0 Å². The van der Waals surface area contributed by atoms with Crippen molar-refractivity contribution < 1.29 is 63.9 Å². The zero-order chi connectivity index (χ0) is 30.1. The topological polar surface area (TPSA) is 324 Å². The third-order valence-electron chi connectivity index (χ3n) is 4.77. The fraction of sp³-hybridized carbons (Fsp3) is 0.600. The van der Waals surface area contributed by atoms with Crippen LogP contribution in [0.5, 0.6) is 0 Å². The summed E-state index contributed by atoms with van der Waals surface area (Å²) in [4.78, 5) is 92.9. The molecule has 19 nitrogen and oxygen atoms in total. The highest BCUT2D eigenvalue weighted by molar-refractivity contribution is 5.94. The van der Waals surface area contributed by atoms with E-state index in [2.05, 4.69) is 16.0 Å². The van der Waals surface area contributed by atoms with Gasteiger partial charge in [-0.15, -0.1) is 0 Å². The first-order chi connectivity index (χ1) is 18.2. The Kier molecular flexibility index (Phi) is 16.0. The number of amides is 5. The minimum Gasteiger partial charge on any atom is -0.481 e. The molecule has 0 radical (unpaired) electrons. The third kappa shape index (κ3) is 14.8. The molecule has 0 bridgehead atoms. The molecule has 0 aromatic rings. The monoisotopic (exact) mass is 564 g/mol.